The van der Waals surface area contributed by atoms with E-state index < -0.39 is 23.9 Å². The summed E-state index contributed by atoms with van der Waals surface area (Å²) in [6.45, 7) is 2.23. The molecule has 0 bridgehead atoms. The van der Waals surface area contributed by atoms with Crippen molar-refractivity contribution in [2.45, 2.75) is 25.9 Å². The van der Waals surface area contributed by atoms with E-state index in [1.807, 2.05) is 18.2 Å². The summed E-state index contributed by atoms with van der Waals surface area (Å²) in [4.78, 5) is 39.2. The molecule has 2 aromatic carbocycles. The molecule has 32 heavy (non-hydrogen) atoms. The summed E-state index contributed by atoms with van der Waals surface area (Å²) >= 11 is 0. The third kappa shape index (κ3) is 6.23. The molecule has 0 radical (unpaired) electrons. The molecule has 1 heterocycles. The molecule has 2 aromatic rings. The zero-order chi connectivity index (χ0) is 22.9. The minimum absolute atomic E-state index is 0.0938. The molecular formula is C24H28N2O6. The summed E-state index contributed by atoms with van der Waals surface area (Å²) in [5, 5.41) is 2.71. The lowest BCUT2D eigenvalue weighted by Gasteiger charge is -2.32. The van der Waals surface area contributed by atoms with Gasteiger partial charge >= 0.3 is 5.97 Å². The quantitative estimate of drug-likeness (QED) is 0.635. The number of para-hydroxylation sites is 3. The van der Waals surface area contributed by atoms with Crippen molar-refractivity contribution in [1.82, 2.24) is 4.90 Å². The number of amides is 2. The monoisotopic (exact) mass is 440 g/mol. The number of ether oxygens (including phenoxy) is 3. The fraction of sp³-hybridized carbons (Fsp3) is 0.375. The maximum Gasteiger partial charge on any atom is 0.311 e. The molecule has 2 amide bonds. The van der Waals surface area contributed by atoms with Gasteiger partial charge in [-0.25, -0.2) is 0 Å². The summed E-state index contributed by atoms with van der Waals surface area (Å²) < 4.78 is 16.1. The van der Waals surface area contributed by atoms with Crippen LogP contribution in [-0.2, 0) is 19.1 Å². The molecule has 1 aliphatic heterocycles. The second-order valence-corrected chi connectivity index (χ2v) is 7.55. The number of benzene rings is 2. The second-order valence-electron chi connectivity index (χ2n) is 7.55. The molecule has 1 fully saturated rings. The highest BCUT2D eigenvalue weighted by Crippen LogP contribution is 2.24. The van der Waals surface area contributed by atoms with E-state index in [1.165, 1.54) is 14.0 Å². The molecule has 2 atom stereocenters. The zero-order valence-electron chi connectivity index (χ0n) is 18.3. The molecule has 0 spiro atoms. The Morgan fingerprint density at radius 3 is 2.56 bits per heavy atom. The number of nitrogens with one attached hydrogen (secondary N) is 1. The summed E-state index contributed by atoms with van der Waals surface area (Å²) in [5.41, 5.74) is 0.496. The van der Waals surface area contributed by atoms with E-state index in [2.05, 4.69) is 5.32 Å². The third-order valence-electron chi connectivity index (χ3n) is 5.24. The molecule has 2 unspecified atom stereocenters. The first-order valence-corrected chi connectivity index (χ1v) is 10.6. The Morgan fingerprint density at radius 2 is 1.81 bits per heavy atom. The Morgan fingerprint density at radius 1 is 1.09 bits per heavy atom. The summed E-state index contributed by atoms with van der Waals surface area (Å²) in [7, 11) is 1.51. The number of hydrogen-bond donors (Lipinski definition) is 1. The van der Waals surface area contributed by atoms with Gasteiger partial charge in [0.05, 0.1) is 18.7 Å². The topological polar surface area (TPSA) is 94.2 Å². The van der Waals surface area contributed by atoms with E-state index in [9.17, 15) is 14.4 Å². The van der Waals surface area contributed by atoms with Crippen LogP contribution in [0.15, 0.2) is 54.6 Å². The van der Waals surface area contributed by atoms with Crippen molar-refractivity contribution in [2.75, 3.05) is 32.1 Å². The standard InChI is InChI=1S/C24H28N2O6/c1-17(23(28)25-20-12-6-7-13-21(20)30-2)32-24(29)18-9-8-14-26(15-18)22(27)16-31-19-10-4-3-5-11-19/h3-7,10-13,17-18H,8-9,14-16H2,1-2H3,(H,25,28). The van der Waals surface area contributed by atoms with Gasteiger partial charge in [0, 0.05) is 13.1 Å². The minimum atomic E-state index is -0.986. The SMILES string of the molecule is COc1ccccc1NC(=O)C(C)OC(=O)C1CCCN(C(=O)COc2ccccc2)C1. The van der Waals surface area contributed by atoms with Crippen LogP contribution in [0.3, 0.4) is 0 Å². The number of rotatable bonds is 8. The number of carbonyl (C=O) groups is 3. The van der Waals surface area contributed by atoms with Crippen LogP contribution in [0.5, 0.6) is 11.5 Å². The molecule has 0 saturated carbocycles. The molecule has 170 valence electrons. The van der Waals surface area contributed by atoms with Crippen molar-refractivity contribution in [2.24, 2.45) is 5.92 Å². The molecule has 0 aliphatic carbocycles. The predicted octanol–water partition coefficient (Wildman–Crippen LogP) is 2.88. The fourth-order valence-electron chi connectivity index (χ4n) is 3.46. The van der Waals surface area contributed by atoms with Crippen molar-refractivity contribution >= 4 is 23.5 Å². The lowest BCUT2D eigenvalue weighted by molar-refractivity contribution is -0.159. The lowest BCUT2D eigenvalue weighted by Crippen LogP contribution is -2.45. The molecule has 8 nitrogen and oxygen atoms in total. The maximum atomic E-state index is 12.6. The van der Waals surface area contributed by atoms with Crippen LogP contribution in [0.1, 0.15) is 19.8 Å². The first-order valence-electron chi connectivity index (χ1n) is 10.6. The van der Waals surface area contributed by atoms with Crippen molar-refractivity contribution in [3.63, 3.8) is 0 Å². The Bertz CT molecular complexity index is 933. The van der Waals surface area contributed by atoms with Crippen LogP contribution in [0, 0.1) is 5.92 Å². The Labute approximate surface area is 187 Å². The van der Waals surface area contributed by atoms with Crippen molar-refractivity contribution in [3.05, 3.63) is 54.6 Å². The maximum absolute atomic E-state index is 12.6. The molecule has 1 aliphatic rings. The Hall–Kier alpha value is -3.55. The van der Waals surface area contributed by atoms with Crippen LogP contribution in [0.4, 0.5) is 5.69 Å². The van der Waals surface area contributed by atoms with E-state index in [0.29, 0.717) is 36.6 Å². The third-order valence-corrected chi connectivity index (χ3v) is 5.24. The highest BCUT2D eigenvalue weighted by atomic mass is 16.5. The van der Waals surface area contributed by atoms with Gasteiger partial charge in [-0.3, -0.25) is 14.4 Å². The Kier molecular flexibility index (Phi) is 8.08. The normalized spacial score (nSPS) is 16.6. The summed E-state index contributed by atoms with van der Waals surface area (Å²) in [5.74, 6) is -0.488. The summed E-state index contributed by atoms with van der Waals surface area (Å²) in [6.07, 6.45) is 0.293. The molecule has 0 aromatic heterocycles. The lowest BCUT2D eigenvalue weighted by atomic mass is 9.98. The van der Waals surface area contributed by atoms with Crippen molar-refractivity contribution in [1.29, 1.82) is 0 Å². The van der Waals surface area contributed by atoms with Crippen LogP contribution in [0.2, 0.25) is 0 Å². The number of hydrogen-bond acceptors (Lipinski definition) is 6. The van der Waals surface area contributed by atoms with E-state index in [-0.39, 0.29) is 19.1 Å². The molecule has 1 saturated heterocycles. The highest BCUT2D eigenvalue weighted by Gasteiger charge is 2.31. The number of nitrogens with zero attached hydrogens (tertiary/aromatic N) is 1. The van der Waals surface area contributed by atoms with E-state index in [1.54, 1.807) is 41.3 Å². The van der Waals surface area contributed by atoms with Gasteiger partial charge < -0.3 is 24.4 Å². The number of likely N-dealkylation sites (tertiary alicyclic amines) is 1. The first-order chi connectivity index (χ1) is 15.5. The minimum Gasteiger partial charge on any atom is -0.495 e. The van der Waals surface area contributed by atoms with Gasteiger partial charge in [-0.2, -0.15) is 0 Å². The van der Waals surface area contributed by atoms with Crippen molar-refractivity contribution < 1.29 is 28.6 Å². The van der Waals surface area contributed by atoms with Gasteiger partial charge in [-0.15, -0.1) is 0 Å². The smallest absolute Gasteiger partial charge is 0.311 e. The number of methoxy groups -OCH3 is 1. The highest BCUT2D eigenvalue weighted by molar-refractivity contribution is 5.96. The molecular weight excluding hydrogens is 412 g/mol. The molecule has 1 N–H and O–H groups in total. The van der Waals surface area contributed by atoms with E-state index >= 15 is 0 Å². The van der Waals surface area contributed by atoms with Gasteiger partial charge in [0.25, 0.3) is 11.8 Å². The van der Waals surface area contributed by atoms with E-state index in [0.717, 1.165) is 0 Å². The Balaban J connectivity index is 1.49. The van der Waals surface area contributed by atoms with Gasteiger partial charge in [0.1, 0.15) is 11.5 Å². The number of esters is 1. The average molecular weight is 440 g/mol. The average Bonchev–Trinajstić information content (AvgIpc) is 2.83. The number of anilines is 1. The number of carbonyl (C=O) groups excluding carboxylic acids is 3. The molecule has 3 rings (SSSR count). The van der Waals surface area contributed by atoms with Gasteiger partial charge in [0.2, 0.25) is 0 Å². The number of piperidine rings is 1. The van der Waals surface area contributed by atoms with E-state index in [4.69, 9.17) is 14.2 Å². The molecule has 8 heteroatoms. The van der Waals surface area contributed by atoms with Crippen LogP contribution in [0.25, 0.3) is 0 Å². The fourth-order valence-corrected chi connectivity index (χ4v) is 3.46. The van der Waals surface area contributed by atoms with Crippen molar-refractivity contribution in [3.8, 4) is 11.5 Å². The van der Waals surface area contributed by atoms with Gasteiger partial charge in [-0.05, 0) is 44.0 Å². The second kappa shape index (κ2) is 11.2. The predicted molar refractivity (Wildman–Crippen MR) is 118 cm³/mol. The van der Waals surface area contributed by atoms with Crippen LogP contribution < -0.4 is 14.8 Å². The van der Waals surface area contributed by atoms with Crippen LogP contribution in [-0.4, -0.2) is 55.6 Å². The first kappa shape index (κ1) is 23.1. The zero-order valence-corrected chi connectivity index (χ0v) is 18.3. The summed E-state index contributed by atoms with van der Waals surface area (Å²) in [6, 6.07) is 16.1. The van der Waals surface area contributed by atoms with Gasteiger partial charge in [0.15, 0.2) is 12.7 Å². The van der Waals surface area contributed by atoms with Crippen LogP contribution >= 0.6 is 0 Å². The van der Waals surface area contributed by atoms with Gasteiger partial charge in [-0.1, -0.05) is 30.3 Å². The largest absolute Gasteiger partial charge is 0.495 e.